The molecular formula is C6H5FN2O. The van der Waals surface area contributed by atoms with Gasteiger partial charge >= 0.3 is 0 Å². The molecule has 4 heteroatoms. The number of nitrogen functional groups attached to an aromatic ring is 1. The Hall–Kier alpha value is -1.45. The fraction of sp³-hybridized carbons (Fsp3) is 0. The van der Waals surface area contributed by atoms with Gasteiger partial charge in [-0.25, -0.2) is 4.98 Å². The molecule has 52 valence electrons. The summed E-state index contributed by atoms with van der Waals surface area (Å²) in [5, 5.41) is 0. The molecule has 2 N–H and O–H groups in total. The predicted molar refractivity (Wildman–Crippen MR) is 34.0 cm³/mol. The molecule has 0 aromatic carbocycles. The van der Waals surface area contributed by atoms with E-state index in [4.69, 9.17) is 5.73 Å². The Labute approximate surface area is 56.7 Å². The monoisotopic (exact) mass is 140 g/mol. The molecule has 0 spiro atoms. The molecular weight excluding hydrogens is 135 g/mol. The number of aldehydes is 1. The minimum absolute atomic E-state index is 0.132. The van der Waals surface area contributed by atoms with Crippen LogP contribution in [0.5, 0.6) is 0 Å². The Bertz CT molecular complexity index is 262. The largest absolute Gasteiger partial charge is 0.397 e. The lowest BCUT2D eigenvalue weighted by molar-refractivity contribution is 0.112. The fourth-order valence-corrected chi connectivity index (χ4v) is 0.557. The van der Waals surface area contributed by atoms with Crippen molar-refractivity contribution in [2.24, 2.45) is 0 Å². The van der Waals surface area contributed by atoms with Crippen molar-refractivity contribution in [2.75, 3.05) is 5.73 Å². The van der Waals surface area contributed by atoms with E-state index in [9.17, 15) is 9.18 Å². The number of aromatic nitrogens is 1. The lowest BCUT2D eigenvalue weighted by Crippen LogP contribution is -1.95. The van der Waals surface area contributed by atoms with Gasteiger partial charge in [0.15, 0.2) is 6.29 Å². The summed E-state index contributed by atoms with van der Waals surface area (Å²) in [4.78, 5) is 13.3. The van der Waals surface area contributed by atoms with Crippen LogP contribution in [0.2, 0.25) is 0 Å². The SMILES string of the molecule is Nc1cnc(F)cc1C=O. The van der Waals surface area contributed by atoms with E-state index in [0.29, 0.717) is 6.29 Å². The number of hydrogen-bond donors (Lipinski definition) is 1. The number of carbonyl (C=O) groups excluding carboxylic acids is 1. The summed E-state index contributed by atoms with van der Waals surface area (Å²) in [7, 11) is 0. The van der Waals surface area contributed by atoms with Crippen LogP contribution in [0.1, 0.15) is 10.4 Å². The first-order valence-corrected chi connectivity index (χ1v) is 2.60. The van der Waals surface area contributed by atoms with Gasteiger partial charge in [0.2, 0.25) is 5.95 Å². The van der Waals surface area contributed by atoms with Crippen LogP contribution in [-0.2, 0) is 0 Å². The lowest BCUT2D eigenvalue weighted by atomic mass is 10.2. The zero-order chi connectivity index (χ0) is 7.56. The van der Waals surface area contributed by atoms with Crippen molar-refractivity contribution in [2.45, 2.75) is 0 Å². The second-order valence-electron chi connectivity index (χ2n) is 1.75. The van der Waals surface area contributed by atoms with Gasteiger partial charge < -0.3 is 5.73 Å². The molecule has 10 heavy (non-hydrogen) atoms. The number of pyridine rings is 1. The molecule has 1 aromatic heterocycles. The first-order valence-electron chi connectivity index (χ1n) is 2.60. The fourth-order valence-electron chi connectivity index (χ4n) is 0.557. The quantitative estimate of drug-likeness (QED) is 0.459. The molecule has 0 unspecified atom stereocenters. The maximum absolute atomic E-state index is 12.2. The summed E-state index contributed by atoms with van der Waals surface area (Å²) < 4.78 is 12.2. The van der Waals surface area contributed by atoms with Crippen LogP contribution >= 0.6 is 0 Å². The maximum atomic E-state index is 12.2. The number of rotatable bonds is 1. The normalized spacial score (nSPS) is 9.30. The highest BCUT2D eigenvalue weighted by Crippen LogP contribution is 2.06. The molecule has 0 aliphatic rings. The molecule has 3 nitrogen and oxygen atoms in total. The van der Waals surface area contributed by atoms with Crippen LogP contribution in [0.25, 0.3) is 0 Å². The van der Waals surface area contributed by atoms with Crippen LogP contribution in [0.4, 0.5) is 10.1 Å². The second kappa shape index (κ2) is 2.43. The molecule has 1 aromatic rings. The van der Waals surface area contributed by atoms with Gasteiger partial charge in [-0.15, -0.1) is 0 Å². The minimum atomic E-state index is -0.698. The topological polar surface area (TPSA) is 56.0 Å². The smallest absolute Gasteiger partial charge is 0.213 e. The Morgan fingerprint density at radius 1 is 1.70 bits per heavy atom. The molecule has 1 rings (SSSR count). The van der Waals surface area contributed by atoms with Crippen molar-refractivity contribution >= 4 is 12.0 Å². The number of halogens is 1. The third-order valence-corrected chi connectivity index (χ3v) is 1.06. The number of carbonyl (C=O) groups is 1. The molecule has 0 fully saturated rings. The van der Waals surface area contributed by atoms with E-state index in [2.05, 4.69) is 4.98 Å². The van der Waals surface area contributed by atoms with Gasteiger partial charge in [-0.3, -0.25) is 4.79 Å². The van der Waals surface area contributed by atoms with E-state index in [0.717, 1.165) is 12.3 Å². The zero-order valence-corrected chi connectivity index (χ0v) is 5.04. The number of anilines is 1. The van der Waals surface area contributed by atoms with Gasteiger partial charge in [0.25, 0.3) is 0 Å². The van der Waals surface area contributed by atoms with Crippen molar-refractivity contribution in [3.63, 3.8) is 0 Å². The van der Waals surface area contributed by atoms with E-state index >= 15 is 0 Å². The van der Waals surface area contributed by atoms with Gasteiger partial charge in [0.1, 0.15) is 0 Å². The van der Waals surface area contributed by atoms with Crippen LogP contribution in [0.15, 0.2) is 12.3 Å². The summed E-state index contributed by atoms with van der Waals surface area (Å²) in [6, 6.07) is 0.988. The number of nitrogens with two attached hydrogens (primary N) is 1. The highest BCUT2D eigenvalue weighted by molar-refractivity contribution is 5.82. The van der Waals surface area contributed by atoms with E-state index < -0.39 is 5.95 Å². The molecule has 1 heterocycles. The van der Waals surface area contributed by atoms with Crippen molar-refractivity contribution in [3.8, 4) is 0 Å². The highest BCUT2D eigenvalue weighted by atomic mass is 19.1. The second-order valence-corrected chi connectivity index (χ2v) is 1.75. The molecule has 0 aliphatic carbocycles. The van der Waals surface area contributed by atoms with Crippen LogP contribution in [-0.4, -0.2) is 11.3 Å². The maximum Gasteiger partial charge on any atom is 0.213 e. The standard InChI is InChI=1S/C6H5FN2O/c7-6-1-4(3-10)5(8)2-9-6/h1-3H,8H2. The molecule has 0 amide bonds. The van der Waals surface area contributed by atoms with Crippen molar-refractivity contribution in [1.82, 2.24) is 4.98 Å². The van der Waals surface area contributed by atoms with Crippen molar-refractivity contribution < 1.29 is 9.18 Å². The van der Waals surface area contributed by atoms with Gasteiger partial charge in [-0.2, -0.15) is 4.39 Å². The molecule has 0 bridgehead atoms. The summed E-state index contributed by atoms with van der Waals surface area (Å²) in [6.45, 7) is 0. The van der Waals surface area contributed by atoms with Crippen molar-refractivity contribution in [3.05, 3.63) is 23.8 Å². The number of hydrogen-bond acceptors (Lipinski definition) is 3. The van der Waals surface area contributed by atoms with Gasteiger partial charge in [0, 0.05) is 11.6 Å². The summed E-state index contributed by atoms with van der Waals surface area (Å²) in [6.07, 6.45) is 1.60. The summed E-state index contributed by atoms with van der Waals surface area (Å²) >= 11 is 0. The van der Waals surface area contributed by atoms with E-state index in [1.807, 2.05) is 0 Å². The van der Waals surface area contributed by atoms with Crippen LogP contribution in [0.3, 0.4) is 0 Å². The molecule has 0 saturated heterocycles. The third-order valence-electron chi connectivity index (χ3n) is 1.06. The van der Waals surface area contributed by atoms with Gasteiger partial charge in [-0.1, -0.05) is 0 Å². The average molecular weight is 140 g/mol. The van der Waals surface area contributed by atoms with Gasteiger partial charge in [-0.05, 0) is 0 Å². The molecule has 0 radical (unpaired) electrons. The van der Waals surface area contributed by atoms with Crippen LogP contribution in [0, 0.1) is 5.95 Å². The first kappa shape index (κ1) is 6.67. The van der Waals surface area contributed by atoms with E-state index in [1.165, 1.54) is 0 Å². The summed E-state index contributed by atoms with van der Waals surface area (Å²) in [5.41, 5.74) is 5.56. The Kier molecular flexibility index (Phi) is 1.62. The molecule has 0 saturated carbocycles. The predicted octanol–water partition coefficient (Wildman–Crippen LogP) is 0.615. The average Bonchev–Trinajstić information content (AvgIpc) is 1.94. The molecule has 0 atom stereocenters. The Morgan fingerprint density at radius 2 is 2.40 bits per heavy atom. The number of nitrogens with zero attached hydrogens (tertiary/aromatic N) is 1. The Morgan fingerprint density at radius 3 is 2.90 bits per heavy atom. The zero-order valence-electron chi connectivity index (χ0n) is 5.04. The first-order chi connectivity index (χ1) is 4.74. The summed E-state index contributed by atoms with van der Waals surface area (Å²) in [5.74, 6) is -0.698. The minimum Gasteiger partial charge on any atom is -0.397 e. The lowest BCUT2D eigenvalue weighted by Gasteiger charge is -1.94. The van der Waals surface area contributed by atoms with E-state index in [-0.39, 0.29) is 11.3 Å². The van der Waals surface area contributed by atoms with Crippen LogP contribution < -0.4 is 5.73 Å². The third kappa shape index (κ3) is 1.10. The highest BCUT2D eigenvalue weighted by Gasteiger charge is 1.98. The Balaban J connectivity index is 3.21. The van der Waals surface area contributed by atoms with E-state index in [1.54, 1.807) is 0 Å². The van der Waals surface area contributed by atoms with Gasteiger partial charge in [0.05, 0.1) is 11.9 Å². The van der Waals surface area contributed by atoms with Crippen molar-refractivity contribution in [1.29, 1.82) is 0 Å². The molecule has 0 aliphatic heterocycles.